The molecule has 0 radical (unpaired) electrons. The highest BCUT2D eigenvalue weighted by molar-refractivity contribution is 9.09. The third-order valence-electron chi connectivity index (χ3n) is 3.62. The molecule has 2 amide bonds. The maximum absolute atomic E-state index is 12.3. The van der Waals surface area contributed by atoms with E-state index in [-0.39, 0.29) is 17.8 Å². The molecule has 0 aliphatic carbocycles. The van der Waals surface area contributed by atoms with E-state index in [9.17, 15) is 18.0 Å². The molecular formula is C13H12BrF3N2O2. The van der Waals surface area contributed by atoms with Gasteiger partial charge in [0.2, 0.25) is 0 Å². The lowest BCUT2D eigenvalue weighted by Crippen LogP contribution is -2.32. The van der Waals surface area contributed by atoms with Crippen molar-refractivity contribution in [3.05, 3.63) is 24.3 Å². The zero-order chi connectivity index (χ0) is 15.2. The Kier molecular flexibility index (Phi) is 3.51. The molecule has 0 aromatic heterocycles. The smallest absolute Gasteiger partial charge is 0.406 e. The number of rotatable bonds is 2. The van der Waals surface area contributed by atoms with Crippen LogP contribution in [0.3, 0.4) is 0 Å². The van der Waals surface area contributed by atoms with Crippen molar-refractivity contribution < 1.29 is 22.7 Å². The minimum atomic E-state index is -4.71. The number of fused-ring (bicyclic) bond motifs is 1. The Balaban J connectivity index is 1.72. The van der Waals surface area contributed by atoms with Crippen LogP contribution in [0.1, 0.15) is 6.42 Å². The molecule has 8 heteroatoms. The monoisotopic (exact) mass is 364 g/mol. The predicted octanol–water partition coefficient (Wildman–Crippen LogP) is 3.36. The predicted molar refractivity (Wildman–Crippen MR) is 73.7 cm³/mol. The van der Waals surface area contributed by atoms with Crippen LogP contribution in [0.5, 0.6) is 5.75 Å². The SMILES string of the molecule is O=C1N(c2ccc(OC(F)(F)F)cc2)CC2C[C@H](Br)CN12. The highest BCUT2D eigenvalue weighted by atomic mass is 79.9. The van der Waals surface area contributed by atoms with Gasteiger partial charge in [0.25, 0.3) is 0 Å². The third-order valence-corrected chi connectivity index (χ3v) is 4.28. The molecule has 1 unspecified atom stereocenters. The van der Waals surface area contributed by atoms with Crippen LogP contribution in [-0.4, -0.2) is 41.3 Å². The molecule has 2 heterocycles. The third kappa shape index (κ3) is 2.95. The summed E-state index contributed by atoms with van der Waals surface area (Å²) in [5.74, 6) is -0.293. The number of urea groups is 1. The van der Waals surface area contributed by atoms with Gasteiger partial charge in [-0.1, -0.05) is 15.9 Å². The van der Waals surface area contributed by atoms with E-state index in [0.29, 0.717) is 23.6 Å². The van der Waals surface area contributed by atoms with Crippen LogP contribution in [0, 0.1) is 0 Å². The summed E-state index contributed by atoms with van der Waals surface area (Å²) in [4.78, 5) is 16.0. The zero-order valence-electron chi connectivity index (χ0n) is 10.8. The van der Waals surface area contributed by atoms with Gasteiger partial charge in [-0.2, -0.15) is 0 Å². The Bertz CT molecular complexity index is 549. The molecule has 2 aliphatic rings. The number of anilines is 1. The Morgan fingerprint density at radius 1 is 1.19 bits per heavy atom. The highest BCUT2D eigenvalue weighted by Gasteiger charge is 2.43. The molecule has 3 rings (SSSR count). The fraction of sp³-hybridized carbons (Fsp3) is 0.462. The van der Waals surface area contributed by atoms with Crippen molar-refractivity contribution >= 4 is 27.6 Å². The van der Waals surface area contributed by atoms with Crippen LogP contribution in [0.25, 0.3) is 0 Å². The van der Waals surface area contributed by atoms with Crippen LogP contribution in [-0.2, 0) is 0 Å². The molecule has 2 saturated heterocycles. The van der Waals surface area contributed by atoms with E-state index in [1.165, 1.54) is 24.3 Å². The van der Waals surface area contributed by atoms with Crippen molar-refractivity contribution in [2.45, 2.75) is 23.7 Å². The molecule has 1 aromatic rings. The molecule has 0 bridgehead atoms. The Morgan fingerprint density at radius 2 is 1.86 bits per heavy atom. The number of hydrogen-bond acceptors (Lipinski definition) is 2. The van der Waals surface area contributed by atoms with E-state index < -0.39 is 6.36 Å². The van der Waals surface area contributed by atoms with Crippen LogP contribution >= 0.6 is 15.9 Å². The summed E-state index contributed by atoms with van der Waals surface area (Å²) in [5, 5.41) is 0. The minimum Gasteiger partial charge on any atom is -0.406 e. The fourth-order valence-corrected chi connectivity index (χ4v) is 3.50. The number of nitrogens with zero attached hydrogens (tertiary/aromatic N) is 2. The van der Waals surface area contributed by atoms with Gasteiger partial charge in [0.05, 0.1) is 6.04 Å². The number of hydrogen-bond donors (Lipinski definition) is 0. The van der Waals surface area contributed by atoms with Gasteiger partial charge in [-0.25, -0.2) is 4.79 Å². The van der Waals surface area contributed by atoms with Gasteiger partial charge in [0, 0.05) is 23.6 Å². The number of amides is 2. The van der Waals surface area contributed by atoms with Crippen molar-refractivity contribution in [3.63, 3.8) is 0 Å². The largest absolute Gasteiger partial charge is 0.573 e. The van der Waals surface area contributed by atoms with Gasteiger partial charge in [-0.3, -0.25) is 4.90 Å². The van der Waals surface area contributed by atoms with Gasteiger partial charge >= 0.3 is 12.4 Å². The normalized spacial score (nSPS) is 25.4. The van der Waals surface area contributed by atoms with E-state index in [1.807, 2.05) is 0 Å². The Morgan fingerprint density at radius 3 is 2.43 bits per heavy atom. The number of halogens is 4. The van der Waals surface area contributed by atoms with Crippen molar-refractivity contribution in [1.29, 1.82) is 0 Å². The summed E-state index contributed by atoms with van der Waals surface area (Å²) in [6.45, 7) is 1.22. The molecule has 0 saturated carbocycles. The topological polar surface area (TPSA) is 32.8 Å². The average molecular weight is 365 g/mol. The number of alkyl halides is 4. The van der Waals surface area contributed by atoms with E-state index in [0.717, 1.165) is 6.42 Å². The second-order valence-electron chi connectivity index (χ2n) is 5.07. The second kappa shape index (κ2) is 5.08. The first kappa shape index (κ1) is 14.5. The average Bonchev–Trinajstić information content (AvgIpc) is 2.87. The van der Waals surface area contributed by atoms with Gasteiger partial charge in [-0.15, -0.1) is 13.2 Å². The summed E-state index contributed by atoms with van der Waals surface area (Å²) in [6.07, 6.45) is -3.82. The Labute approximate surface area is 127 Å². The van der Waals surface area contributed by atoms with Crippen LogP contribution < -0.4 is 9.64 Å². The maximum Gasteiger partial charge on any atom is 0.573 e. The molecular weight excluding hydrogens is 353 g/mol. The molecule has 1 aromatic carbocycles. The van der Waals surface area contributed by atoms with E-state index >= 15 is 0 Å². The lowest BCUT2D eigenvalue weighted by Gasteiger charge is -2.18. The summed E-state index contributed by atoms with van der Waals surface area (Å²) >= 11 is 3.50. The first-order valence-corrected chi connectivity index (χ1v) is 7.33. The summed E-state index contributed by atoms with van der Waals surface area (Å²) < 4.78 is 40.1. The van der Waals surface area contributed by atoms with E-state index in [1.54, 1.807) is 9.80 Å². The number of benzene rings is 1. The van der Waals surface area contributed by atoms with Crippen LogP contribution in [0.15, 0.2) is 24.3 Å². The number of ether oxygens (including phenoxy) is 1. The van der Waals surface area contributed by atoms with Crippen molar-refractivity contribution in [2.24, 2.45) is 0 Å². The number of carbonyl (C=O) groups excluding carboxylic acids is 1. The Hall–Kier alpha value is -1.44. The van der Waals surface area contributed by atoms with Crippen LogP contribution in [0.4, 0.5) is 23.7 Å². The standard InChI is InChI=1S/C13H12BrF3N2O2/c14-8-5-10-7-19(12(20)18(10)6-8)9-1-3-11(4-2-9)21-13(15,16)17/h1-4,8,10H,5-7H2/t8-,10?/m0/s1. The van der Waals surface area contributed by atoms with Gasteiger partial charge in [0.15, 0.2) is 0 Å². The maximum atomic E-state index is 12.3. The summed E-state index contributed by atoms with van der Waals surface area (Å²) in [7, 11) is 0. The highest BCUT2D eigenvalue weighted by Crippen LogP contribution is 2.33. The lowest BCUT2D eigenvalue weighted by atomic mass is 10.2. The van der Waals surface area contributed by atoms with Crippen molar-refractivity contribution in [3.8, 4) is 5.75 Å². The quantitative estimate of drug-likeness (QED) is 0.753. The first-order chi connectivity index (χ1) is 9.83. The zero-order valence-corrected chi connectivity index (χ0v) is 12.4. The molecule has 0 N–H and O–H groups in total. The van der Waals surface area contributed by atoms with Gasteiger partial charge in [-0.05, 0) is 30.7 Å². The molecule has 21 heavy (non-hydrogen) atoms. The molecule has 0 spiro atoms. The van der Waals surface area contributed by atoms with E-state index in [2.05, 4.69) is 20.7 Å². The molecule has 114 valence electrons. The van der Waals surface area contributed by atoms with Crippen LogP contribution in [0.2, 0.25) is 0 Å². The summed E-state index contributed by atoms with van der Waals surface area (Å²) in [5.41, 5.74) is 0.579. The molecule has 4 nitrogen and oxygen atoms in total. The molecule has 2 aliphatic heterocycles. The molecule has 2 fully saturated rings. The van der Waals surface area contributed by atoms with Gasteiger partial charge < -0.3 is 9.64 Å². The lowest BCUT2D eigenvalue weighted by molar-refractivity contribution is -0.274. The van der Waals surface area contributed by atoms with E-state index in [4.69, 9.17) is 0 Å². The summed E-state index contributed by atoms with van der Waals surface area (Å²) in [6, 6.07) is 5.42. The first-order valence-electron chi connectivity index (χ1n) is 6.41. The number of carbonyl (C=O) groups is 1. The van der Waals surface area contributed by atoms with Gasteiger partial charge in [0.1, 0.15) is 5.75 Å². The minimum absolute atomic E-state index is 0.105. The van der Waals surface area contributed by atoms with Crippen molar-refractivity contribution in [1.82, 2.24) is 4.90 Å². The molecule has 2 atom stereocenters. The van der Waals surface area contributed by atoms with Crippen molar-refractivity contribution in [2.75, 3.05) is 18.0 Å². The fourth-order valence-electron chi connectivity index (χ4n) is 2.75. The second-order valence-corrected chi connectivity index (χ2v) is 6.37.